The summed E-state index contributed by atoms with van der Waals surface area (Å²) in [4.78, 5) is 11.4. The first kappa shape index (κ1) is 10.5. The third-order valence-corrected chi connectivity index (χ3v) is 2.51. The summed E-state index contributed by atoms with van der Waals surface area (Å²) in [5, 5.41) is 3.13. The van der Waals surface area contributed by atoms with E-state index in [1.54, 1.807) is 0 Å². The maximum Gasteiger partial charge on any atom is 0.310 e. The van der Waals surface area contributed by atoms with Crippen molar-refractivity contribution in [2.45, 2.75) is 18.9 Å². The average Bonchev–Trinajstić information content (AvgIpc) is 2.41. The van der Waals surface area contributed by atoms with Crippen LogP contribution in [0.15, 0.2) is 0 Å². The van der Waals surface area contributed by atoms with Crippen LogP contribution in [0.2, 0.25) is 0 Å². The van der Waals surface area contributed by atoms with Gasteiger partial charge in [0, 0.05) is 19.3 Å². The molecule has 0 aromatic rings. The van der Waals surface area contributed by atoms with Crippen molar-refractivity contribution in [2.75, 3.05) is 27.4 Å². The van der Waals surface area contributed by atoms with E-state index in [1.165, 1.54) is 7.11 Å². The second-order valence-corrected chi connectivity index (χ2v) is 3.21. The van der Waals surface area contributed by atoms with Crippen LogP contribution in [0.1, 0.15) is 12.8 Å². The second-order valence-electron chi connectivity index (χ2n) is 3.21. The normalized spacial score (nSPS) is 29.4. The average molecular weight is 187 g/mol. The van der Waals surface area contributed by atoms with E-state index < -0.39 is 0 Å². The maximum absolute atomic E-state index is 11.4. The highest BCUT2D eigenvalue weighted by Gasteiger charge is 2.29. The van der Waals surface area contributed by atoms with Gasteiger partial charge >= 0.3 is 5.97 Å². The van der Waals surface area contributed by atoms with Gasteiger partial charge in [-0.15, -0.1) is 0 Å². The molecule has 1 aliphatic rings. The molecule has 0 aliphatic carbocycles. The van der Waals surface area contributed by atoms with Crippen LogP contribution >= 0.6 is 0 Å². The zero-order valence-electron chi connectivity index (χ0n) is 8.21. The topological polar surface area (TPSA) is 47.6 Å². The summed E-state index contributed by atoms with van der Waals surface area (Å²) >= 11 is 0. The van der Waals surface area contributed by atoms with E-state index in [2.05, 4.69) is 5.32 Å². The number of hydrogen-bond donors (Lipinski definition) is 1. The minimum atomic E-state index is -0.134. The van der Waals surface area contributed by atoms with Crippen molar-refractivity contribution in [1.29, 1.82) is 0 Å². The van der Waals surface area contributed by atoms with Crippen molar-refractivity contribution in [2.24, 2.45) is 5.92 Å². The minimum Gasteiger partial charge on any atom is -0.469 e. The Hall–Kier alpha value is -0.610. The molecular formula is C9H17NO3. The Kier molecular flexibility index (Phi) is 4.18. The lowest BCUT2D eigenvalue weighted by Crippen LogP contribution is -2.38. The fourth-order valence-corrected chi connectivity index (χ4v) is 1.70. The van der Waals surface area contributed by atoms with Crippen LogP contribution in [-0.2, 0) is 14.3 Å². The van der Waals surface area contributed by atoms with Gasteiger partial charge in [-0.25, -0.2) is 0 Å². The van der Waals surface area contributed by atoms with E-state index in [0.717, 1.165) is 19.4 Å². The summed E-state index contributed by atoms with van der Waals surface area (Å²) in [6, 6.07) is 0.190. The molecule has 1 aliphatic heterocycles. The number of rotatable bonds is 2. The number of nitrogens with one attached hydrogen (secondary N) is 1. The Morgan fingerprint density at radius 3 is 2.77 bits per heavy atom. The van der Waals surface area contributed by atoms with Crippen LogP contribution in [0, 0.1) is 5.92 Å². The lowest BCUT2D eigenvalue weighted by molar-refractivity contribution is -0.146. The van der Waals surface area contributed by atoms with Gasteiger partial charge in [-0.3, -0.25) is 4.79 Å². The smallest absolute Gasteiger partial charge is 0.310 e. The maximum atomic E-state index is 11.4. The van der Waals surface area contributed by atoms with E-state index in [4.69, 9.17) is 9.47 Å². The van der Waals surface area contributed by atoms with Crippen LogP contribution in [-0.4, -0.2) is 39.4 Å². The first-order valence-electron chi connectivity index (χ1n) is 4.62. The number of ether oxygens (including phenoxy) is 2. The largest absolute Gasteiger partial charge is 0.469 e. The predicted octanol–water partition coefficient (Wildman–Crippen LogP) is 0.174. The predicted molar refractivity (Wildman–Crippen MR) is 48.4 cm³/mol. The van der Waals surface area contributed by atoms with E-state index in [-0.39, 0.29) is 17.9 Å². The molecule has 1 saturated heterocycles. The van der Waals surface area contributed by atoms with Gasteiger partial charge in [0.2, 0.25) is 0 Å². The lowest BCUT2D eigenvalue weighted by atomic mass is 9.95. The van der Waals surface area contributed by atoms with Gasteiger partial charge in [0.05, 0.1) is 13.0 Å². The molecular weight excluding hydrogens is 170 g/mol. The van der Waals surface area contributed by atoms with Crippen LogP contribution in [0.3, 0.4) is 0 Å². The molecule has 1 heterocycles. The molecule has 0 aromatic carbocycles. The Labute approximate surface area is 78.6 Å². The van der Waals surface area contributed by atoms with Gasteiger partial charge in [-0.1, -0.05) is 0 Å². The van der Waals surface area contributed by atoms with E-state index in [1.807, 2.05) is 7.05 Å². The summed E-state index contributed by atoms with van der Waals surface area (Å²) in [6.45, 7) is 1.37. The second kappa shape index (κ2) is 5.19. The first-order chi connectivity index (χ1) is 6.29. The standard InChI is InChI=1S/C9H17NO3/c1-10-8-4-6-13-5-3-7(8)9(11)12-2/h7-8,10H,3-6H2,1-2H3. The van der Waals surface area contributed by atoms with Gasteiger partial charge in [0.15, 0.2) is 0 Å². The molecule has 4 heteroatoms. The molecule has 1 N–H and O–H groups in total. The van der Waals surface area contributed by atoms with Crippen molar-refractivity contribution in [3.05, 3.63) is 0 Å². The van der Waals surface area contributed by atoms with Crippen molar-refractivity contribution >= 4 is 5.97 Å². The fraction of sp³-hybridized carbons (Fsp3) is 0.889. The summed E-state index contributed by atoms with van der Waals surface area (Å²) in [7, 11) is 3.30. The number of methoxy groups -OCH3 is 1. The Bertz CT molecular complexity index is 172. The first-order valence-corrected chi connectivity index (χ1v) is 4.62. The van der Waals surface area contributed by atoms with Crippen LogP contribution in [0.25, 0.3) is 0 Å². The molecule has 0 saturated carbocycles. The quantitative estimate of drug-likeness (QED) is 0.626. The number of carbonyl (C=O) groups excluding carboxylic acids is 1. The van der Waals surface area contributed by atoms with Crippen LogP contribution < -0.4 is 5.32 Å². The Balaban J connectivity index is 2.58. The molecule has 0 amide bonds. The minimum absolute atomic E-state index is 0.0579. The highest BCUT2D eigenvalue weighted by molar-refractivity contribution is 5.73. The van der Waals surface area contributed by atoms with Crippen molar-refractivity contribution in [1.82, 2.24) is 5.32 Å². The molecule has 1 rings (SSSR count). The van der Waals surface area contributed by atoms with Gasteiger partial charge < -0.3 is 14.8 Å². The summed E-state index contributed by atoms with van der Waals surface area (Å²) < 4.78 is 10.0. The van der Waals surface area contributed by atoms with Gasteiger partial charge in [-0.2, -0.15) is 0 Å². The summed E-state index contributed by atoms with van der Waals surface area (Å²) in [5.74, 6) is -0.192. The molecule has 0 radical (unpaired) electrons. The Morgan fingerprint density at radius 2 is 2.15 bits per heavy atom. The molecule has 2 unspecified atom stereocenters. The highest BCUT2D eigenvalue weighted by Crippen LogP contribution is 2.17. The molecule has 4 nitrogen and oxygen atoms in total. The summed E-state index contributed by atoms with van der Waals surface area (Å²) in [5.41, 5.74) is 0. The SMILES string of the molecule is CNC1CCOCCC1C(=O)OC. The molecule has 2 atom stereocenters. The van der Waals surface area contributed by atoms with Crippen LogP contribution in [0.5, 0.6) is 0 Å². The van der Waals surface area contributed by atoms with Crippen molar-refractivity contribution in [3.63, 3.8) is 0 Å². The van der Waals surface area contributed by atoms with E-state index in [0.29, 0.717) is 6.61 Å². The van der Waals surface area contributed by atoms with Gasteiger partial charge in [0.1, 0.15) is 0 Å². The molecule has 76 valence electrons. The van der Waals surface area contributed by atoms with Crippen LogP contribution in [0.4, 0.5) is 0 Å². The molecule has 0 aromatic heterocycles. The van der Waals surface area contributed by atoms with Gasteiger partial charge in [0.25, 0.3) is 0 Å². The highest BCUT2D eigenvalue weighted by atomic mass is 16.5. The third kappa shape index (κ3) is 2.67. The van der Waals surface area contributed by atoms with E-state index >= 15 is 0 Å². The Morgan fingerprint density at radius 1 is 1.46 bits per heavy atom. The van der Waals surface area contributed by atoms with Crippen molar-refractivity contribution < 1.29 is 14.3 Å². The fourth-order valence-electron chi connectivity index (χ4n) is 1.70. The number of esters is 1. The number of hydrogen-bond acceptors (Lipinski definition) is 4. The summed E-state index contributed by atoms with van der Waals surface area (Å²) in [6.07, 6.45) is 1.62. The molecule has 1 fully saturated rings. The molecule has 13 heavy (non-hydrogen) atoms. The third-order valence-electron chi connectivity index (χ3n) is 2.51. The lowest BCUT2D eigenvalue weighted by Gasteiger charge is -2.21. The molecule has 0 bridgehead atoms. The van der Waals surface area contributed by atoms with Crippen molar-refractivity contribution in [3.8, 4) is 0 Å². The molecule has 0 spiro atoms. The zero-order chi connectivity index (χ0) is 9.68. The number of carbonyl (C=O) groups is 1. The van der Waals surface area contributed by atoms with E-state index in [9.17, 15) is 4.79 Å². The van der Waals surface area contributed by atoms with Gasteiger partial charge in [-0.05, 0) is 19.9 Å². The monoisotopic (exact) mass is 187 g/mol. The zero-order valence-corrected chi connectivity index (χ0v) is 8.21.